The molecule has 1 fully saturated rings. The summed E-state index contributed by atoms with van der Waals surface area (Å²) < 4.78 is 13.7. The number of benzene rings is 2. The Kier molecular flexibility index (Phi) is 6.64. The number of carbonyl (C=O) groups excluding carboxylic acids is 2. The zero-order chi connectivity index (χ0) is 21.8. The van der Waals surface area contributed by atoms with Crippen LogP contribution >= 0.6 is 23.1 Å². The van der Waals surface area contributed by atoms with Crippen molar-refractivity contribution >= 4 is 40.6 Å². The van der Waals surface area contributed by atoms with E-state index < -0.39 is 11.3 Å². The van der Waals surface area contributed by atoms with Crippen LogP contribution in [0.3, 0.4) is 0 Å². The molecule has 3 aromatic rings. The van der Waals surface area contributed by atoms with Crippen LogP contribution in [0.25, 0.3) is 10.6 Å². The van der Waals surface area contributed by atoms with Crippen LogP contribution in [0.2, 0.25) is 0 Å². The van der Waals surface area contributed by atoms with Crippen molar-refractivity contribution in [3.63, 3.8) is 0 Å². The molecule has 0 aliphatic carbocycles. The van der Waals surface area contributed by atoms with Crippen LogP contribution < -0.4 is 16.0 Å². The number of hydrogen-bond donors (Lipinski definition) is 3. The lowest BCUT2D eigenvalue weighted by molar-refractivity contribution is -0.123. The molecule has 6 nitrogen and oxygen atoms in total. The molecule has 2 atom stereocenters. The Balaban J connectivity index is 1.39. The van der Waals surface area contributed by atoms with Gasteiger partial charge in [0, 0.05) is 16.9 Å². The molecule has 31 heavy (non-hydrogen) atoms. The lowest BCUT2D eigenvalue weighted by atomic mass is 10.1. The second-order valence-electron chi connectivity index (χ2n) is 7.04. The van der Waals surface area contributed by atoms with Gasteiger partial charge < -0.3 is 10.6 Å². The first-order chi connectivity index (χ1) is 15.0. The van der Waals surface area contributed by atoms with Gasteiger partial charge in [-0.2, -0.15) is 0 Å². The standard InChI is InChI=1S/C22H21FN4O2S2/c1-13-20(31-21(24-13)14-7-3-2-4-8-14)17-11-18(28)27-22(26-17)30-12-19(29)25-16-10-6-5-9-15(16)23/h2-10,17,22,26H,11-12H2,1H3,(H,25,29)(H,27,28). The van der Waals surface area contributed by atoms with Gasteiger partial charge >= 0.3 is 0 Å². The first-order valence-corrected chi connectivity index (χ1v) is 11.6. The quantitative estimate of drug-likeness (QED) is 0.521. The third kappa shape index (κ3) is 5.30. The van der Waals surface area contributed by atoms with E-state index in [9.17, 15) is 14.0 Å². The maximum absolute atomic E-state index is 13.7. The second-order valence-corrected chi connectivity index (χ2v) is 9.17. The predicted octanol–water partition coefficient (Wildman–Crippen LogP) is 4.06. The molecule has 4 rings (SSSR count). The minimum atomic E-state index is -0.486. The number of thiazole rings is 1. The minimum absolute atomic E-state index is 0.0654. The summed E-state index contributed by atoms with van der Waals surface area (Å²) in [7, 11) is 0. The van der Waals surface area contributed by atoms with Crippen LogP contribution in [0.5, 0.6) is 0 Å². The lowest BCUT2D eigenvalue weighted by Gasteiger charge is -2.30. The van der Waals surface area contributed by atoms with Crippen LogP contribution in [0.1, 0.15) is 23.0 Å². The molecule has 0 spiro atoms. The summed E-state index contributed by atoms with van der Waals surface area (Å²) in [6.45, 7) is 1.94. The number of para-hydroxylation sites is 1. The van der Waals surface area contributed by atoms with Crippen molar-refractivity contribution < 1.29 is 14.0 Å². The van der Waals surface area contributed by atoms with Crippen molar-refractivity contribution in [2.24, 2.45) is 0 Å². The number of rotatable bonds is 6. The van der Waals surface area contributed by atoms with Gasteiger partial charge in [-0.1, -0.05) is 42.5 Å². The Morgan fingerprint density at radius 1 is 1.23 bits per heavy atom. The summed E-state index contributed by atoms with van der Waals surface area (Å²) in [6, 6.07) is 15.7. The fourth-order valence-electron chi connectivity index (χ4n) is 3.28. The van der Waals surface area contributed by atoms with Gasteiger partial charge in [0.05, 0.1) is 23.2 Å². The molecule has 1 aromatic heterocycles. The molecule has 2 unspecified atom stereocenters. The van der Waals surface area contributed by atoms with Gasteiger partial charge in [0.2, 0.25) is 11.8 Å². The summed E-state index contributed by atoms with van der Waals surface area (Å²) in [5.41, 5.74) is 1.63. The maximum atomic E-state index is 13.7. The van der Waals surface area contributed by atoms with E-state index >= 15 is 0 Å². The average molecular weight is 457 g/mol. The number of nitrogens with one attached hydrogen (secondary N) is 3. The monoisotopic (exact) mass is 456 g/mol. The number of nitrogens with zero attached hydrogens (tertiary/aromatic N) is 1. The zero-order valence-corrected chi connectivity index (χ0v) is 18.4. The summed E-state index contributed by atoms with van der Waals surface area (Å²) >= 11 is 2.82. The number of anilines is 1. The lowest BCUT2D eigenvalue weighted by Crippen LogP contribution is -2.51. The molecule has 0 saturated carbocycles. The van der Waals surface area contributed by atoms with Crippen LogP contribution in [0, 0.1) is 12.7 Å². The van der Waals surface area contributed by atoms with Crippen molar-refractivity contribution in [1.82, 2.24) is 15.6 Å². The van der Waals surface area contributed by atoms with Crippen LogP contribution in [-0.2, 0) is 9.59 Å². The number of halogens is 1. The number of aromatic nitrogens is 1. The Morgan fingerprint density at radius 3 is 2.74 bits per heavy atom. The van der Waals surface area contributed by atoms with Crippen molar-refractivity contribution in [2.75, 3.05) is 11.1 Å². The molecule has 2 amide bonds. The molecule has 1 aliphatic heterocycles. The number of carbonyl (C=O) groups is 2. The Labute approximate surface area is 187 Å². The summed E-state index contributed by atoms with van der Waals surface area (Å²) in [5, 5.41) is 9.69. The normalized spacial score (nSPS) is 18.5. The van der Waals surface area contributed by atoms with E-state index in [-0.39, 0.29) is 29.3 Å². The molecule has 160 valence electrons. The number of thioether (sulfide) groups is 1. The SMILES string of the molecule is Cc1nc(-c2ccccc2)sc1C1CC(=O)NC(SCC(=O)Nc2ccccc2F)N1. The van der Waals surface area contributed by atoms with Gasteiger partial charge in [-0.3, -0.25) is 14.9 Å². The highest BCUT2D eigenvalue weighted by Gasteiger charge is 2.30. The second kappa shape index (κ2) is 9.59. The minimum Gasteiger partial charge on any atom is -0.332 e. The average Bonchev–Trinajstić information content (AvgIpc) is 3.16. The fraction of sp³-hybridized carbons (Fsp3) is 0.227. The van der Waals surface area contributed by atoms with Gasteiger partial charge in [-0.25, -0.2) is 9.37 Å². The summed E-state index contributed by atoms with van der Waals surface area (Å²) in [5.74, 6) is -0.853. The largest absolute Gasteiger partial charge is 0.332 e. The van der Waals surface area contributed by atoms with E-state index in [4.69, 9.17) is 0 Å². The van der Waals surface area contributed by atoms with E-state index in [1.807, 2.05) is 37.3 Å². The first-order valence-electron chi connectivity index (χ1n) is 9.74. The van der Waals surface area contributed by atoms with E-state index in [2.05, 4.69) is 20.9 Å². The van der Waals surface area contributed by atoms with E-state index in [1.165, 1.54) is 23.9 Å². The predicted molar refractivity (Wildman–Crippen MR) is 122 cm³/mol. The molecule has 1 aliphatic rings. The van der Waals surface area contributed by atoms with E-state index in [0.717, 1.165) is 21.1 Å². The molecule has 0 radical (unpaired) electrons. The Bertz CT molecular complexity index is 1090. The van der Waals surface area contributed by atoms with Crippen molar-refractivity contribution in [3.05, 3.63) is 71.0 Å². The fourth-order valence-corrected chi connectivity index (χ4v) is 5.27. The summed E-state index contributed by atoms with van der Waals surface area (Å²) in [6.07, 6.45) is 0.301. The molecule has 9 heteroatoms. The smallest absolute Gasteiger partial charge is 0.234 e. The van der Waals surface area contributed by atoms with E-state index in [1.54, 1.807) is 23.5 Å². The zero-order valence-electron chi connectivity index (χ0n) is 16.7. The number of hydrogen-bond acceptors (Lipinski definition) is 6. The molecule has 2 aromatic carbocycles. The first kappa shape index (κ1) is 21.5. The third-order valence-corrected chi connectivity index (χ3v) is 7.07. The Hall–Kier alpha value is -2.75. The molecule has 2 heterocycles. The molecule has 1 saturated heterocycles. The molecular formula is C22H21FN4O2S2. The molecular weight excluding hydrogens is 435 g/mol. The van der Waals surface area contributed by atoms with Crippen LogP contribution in [-0.4, -0.2) is 28.0 Å². The summed E-state index contributed by atoms with van der Waals surface area (Å²) in [4.78, 5) is 30.2. The third-order valence-electron chi connectivity index (χ3n) is 4.73. The van der Waals surface area contributed by atoms with Gasteiger partial charge in [0.1, 0.15) is 16.3 Å². The van der Waals surface area contributed by atoms with Crippen LogP contribution in [0.4, 0.5) is 10.1 Å². The topological polar surface area (TPSA) is 83.1 Å². The number of amides is 2. The van der Waals surface area contributed by atoms with Gasteiger partial charge in [-0.05, 0) is 19.1 Å². The van der Waals surface area contributed by atoms with Gasteiger partial charge in [0.25, 0.3) is 0 Å². The highest BCUT2D eigenvalue weighted by molar-refractivity contribution is 8.00. The molecule has 3 N–H and O–H groups in total. The van der Waals surface area contributed by atoms with Crippen molar-refractivity contribution in [3.8, 4) is 10.6 Å². The van der Waals surface area contributed by atoms with Crippen molar-refractivity contribution in [1.29, 1.82) is 0 Å². The Morgan fingerprint density at radius 2 is 1.97 bits per heavy atom. The van der Waals surface area contributed by atoms with Crippen LogP contribution in [0.15, 0.2) is 54.6 Å². The highest BCUT2D eigenvalue weighted by Crippen LogP contribution is 2.34. The van der Waals surface area contributed by atoms with Crippen molar-refractivity contribution in [2.45, 2.75) is 24.9 Å². The van der Waals surface area contributed by atoms with E-state index in [0.29, 0.717) is 6.42 Å². The highest BCUT2D eigenvalue weighted by atomic mass is 32.2. The molecule has 0 bridgehead atoms. The maximum Gasteiger partial charge on any atom is 0.234 e. The number of aryl methyl sites for hydroxylation is 1. The van der Waals surface area contributed by atoms with Gasteiger partial charge in [0.15, 0.2) is 0 Å². The van der Waals surface area contributed by atoms with Gasteiger partial charge in [-0.15, -0.1) is 23.1 Å².